The zero-order chi connectivity index (χ0) is 19.0. The quantitative estimate of drug-likeness (QED) is 0.827. The molecule has 0 aromatic carbocycles. The van der Waals surface area contributed by atoms with Crippen LogP contribution in [0.1, 0.15) is 40.9 Å². The van der Waals surface area contributed by atoms with E-state index in [1.165, 1.54) is 5.56 Å². The summed E-state index contributed by atoms with van der Waals surface area (Å²) in [5.41, 5.74) is 2.84. The van der Waals surface area contributed by atoms with Gasteiger partial charge in [-0.05, 0) is 37.3 Å². The molecule has 4 rings (SSSR count). The SMILES string of the molecule is COc1cnccc1C(=O)N1CCCC2(CCc3cnc(N(C)C)nc32)C1. The van der Waals surface area contributed by atoms with E-state index in [1.54, 1.807) is 25.6 Å². The third kappa shape index (κ3) is 3.01. The number of ether oxygens (including phenoxy) is 1. The Hall–Kier alpha value is -2.70. The van der Waals surface area contributed by atoms with Crippen molar-refractivity contribution in [3.05, 3.63) is 41.5 Å². The molecule has 1 fully saturated rings. The topological polar surface area (TPSA) is 71.5 Å². The number of rotatable bonds is 3. The number of carbonyl (C=O) groups is 1. The lowest BCUT2D eigenvalue weighted by molar-refractivity contribution is 0.0630. The molecule has 1 aliphatic heterocycles. The second-order valence-electron chi connectivity index (χ2n) is 7.62. The number of hydrogen-bond donors (Lipinski definition) is 0. The summed E-state index contributed by atoms with van der Waals surface area (Å²) in [6.07, 6.45) is 9.21. The van der Waals surface area contributed by atoms with E-state index in [2.05, 4.69) is 9.97 Å². The van der Waals surface area contributed by atoms with Crippen molar-refractivity contribution in [2.75, 3.05) is 39.2 Å². The summed E-state index contributed by atoms with van der Waals surface area (Å²) in [5.74, 6) is 1.25. The van der Waals surface area contributed by atoms with Crippen LogP contribution in [0.15, 0.2) is 24.7 Å². The van der Waals surface area contributed by atoms with E-state index in [-0.39, 0.29) is 11.3 Å². The van der Waals surface area contributed by atoms with Crippen LogP contribution >= 0.6 is 0 Å². The fourth-order valence-corrected chi connectivity index (χ4v) is 4.34. The maximum Gasteiger partial charge on any atom is 0.257 e. The fraction of sp³-hybridized carbons (Fsp3) is 0.500. The number of aryl methyl sites for hydroxylation is 1. The zero-order valence-electron chi connectivity index (χ0n) is 16.1. The van der Waals surface area contributed by atoms with Crippen molar-refractivity contribution in [3.63, 3.8) is 0 Å². The highest BCUT2D eigenvalue weighted by molar-refractivity contribution is 5.96. The lowest BCUT2D eigenvalue weighted by Gasteiger charge is -2.40. The molecule has 142 valence electrons. The number of piperidine rings is 1. The van der Waals surface area contributed by atoms with Gasteiger partial charge in [0.15, 0.2) is 0 Å². The van der Waals surface area contributed by atoms with E-state index in [9.17, 15) is 4.79 Å². The number of aromatic nitrogens is 3. The monoisotopic (exact) mass is 367 g/mol. The van der Waals surface area contributed by atoms with Gasteiger partial charge in [-0.1, -0.05) is 0 Å². The summed E-state index contributed by atoms with van der Waals surface area (Å²) in [7, 11) is 5.48. The van der Waals surface area contributed by atoms with Gasteiger partial charge in [-0.25, -0.2) is 9.97 Å². The van der Waals surface area contributed by atoms with Crippen LogP contribution in [0, 0.1) is 0 Å². The van der Waals surface area contributed by atoms with Crippen LogP contribution in [0.4, 0.5) is 5.95 Å². The average Bonchev–Trinajstić information content (AvgIpc) is 3.04. The molecule has 3 heterocycles. The van der Waals surface area contributed by atoms with Crippen molar-refractivity contribution in [1.29, 1.82) is 0 Å². The first-order valence-electron chi connectivity index (χ1n) is 9.35. The highest BCUT2D eigenvalue weighted by atomic mass is 16.5. The number of amides is 1. The van der Waals surface area contributed by atoms with Gasteiger partial charge in [0.25, 0.3) is 5.91 Å². The summed E-state index contributed by atoms with van der Waals surface area (Å²) >= 11 is 0. The van der Waals surface area contributed by atoms with E-state index in [1.807, 2.05) is 30.1 Å². The molecule has 0 radical (unpaired) electrons. The molecule has 2 aliphatic rings. The van der Waals surface area contributed by atoms with Crippen molar-refractivity contribution in [3.8, 4) is 5.75 Å². The first-order valence-corrected chi connectivity index (χ1v) is 9.35. The van der Waals surface area contributed by atoms with Crippen LogP contribution in [0.3, 0.4) is 0 Å². The van der Waals surface area contributed by atoms with Gasteiger partial charge in [0.2, 0.25) is 5.95 Å². The fourth-order valence-electron chi connectivity index (χ4n) is 4.34. The smallest absolute Gasteiger partial charge is 0.257 e. The van der Waals surface area contributed by atoms with Crippen molar-refractivity contribution >= 4 is 11.9 Å². The van der Waals surface area contributed by atoms with E-state index in [0.717, 1.165) is 43.9 Å². The van der Waals surface area contributed by atoms with Crippen LogP contribution in [0.25, 0.3) is 0 Å². The van der Waals surface area contributed by atoms with Crippen LogP contribution in [0.5, 0.6) is 5.75 Å². The van der Waals surface area contributed by atoms with Crippen molar-refractivity contribution < 1.29 is 9.53 Å². The number of anilines is 1. The summed E-state index contributed by atoms with van der Waals surface area (Å²) in [4.78, 5) is 30.5. The van der Waals surface area contributed by atoms with Gasteiger partial charge in [-0.3, -0.25) is 9.78 Å². The molecule has 1 amide bonds. The summed E-state index contributed by atoms with van der Waals surface area (Å²) in [5, 5.41) is 0. The van der Waals surface area contributed by atoms with Crippen LogP contribution in [-0.4, -0.2) is 60.1 Å². The highest BCUT2D eigenvalue weighted by Crippen LogP contribution is 2.44. The summed E-state index contributed by atoms with van der Waals surface area (Å²) < 4.78 is 5.34. The molecular weight excluding hydrogens is 342 g/mol. The summed E-state index contributed by atoms with van der Waals surface area (Å²) in [6, 6.07) is 1.73. The van der Waals surface area contributed by atoms with E-state index >= 15 is 0 Å². The van der Waals surface area contributed by atoms with Crippen LogP contribution in [0.2, 0.25) is 0 Å². The molecule has 1 unspecified atom stereocenters. The minimum atomic E-state index is -0.0722. The lowest BCUT2D eigenvalue weighted by Crippen LogP contribution is -2.48. The average molecular weight is 367 g/mol. The maximum absolute atomic E-state index is 13.2. The molecule has 2 aromatic heterocycles. The molecule has 7 heteroatoms. The van der Waals surface area contributed by atoms with Gasteiger partial charge in [0, 0.05) is 45.0 Å². The van der Waals surface area contributed by atoms with Gasteiger partial charge in [0.05, 0.1) is 24.6 Å². The number of methoxy groups -OCH3 is 1. The maximum atomic E-state index is 13.2. The summed E-state index contributed by atoms with van der Waals surface area (Å²) in [6.45, 7) is 1.45. The minimum Gasteiger partial charge on any atom is -0.494 e. The molecule has 0 bridgehead atoms. The Morgan fingerprint density at radius 2 is 2.15 bits per heavy atom. The van der Waals surface area contributed by atoms with E-state index in [0.29, 0.717) is 17.9 Å². The second-order valence-corrected chi connectivity index (χ2v) is 7.62. The molecule has 2 aromatic rings. The number of pyridine rings is 1. The van der Waals surface area contributed by atoms with Crippen molar-refractivity contribution in [2.45, 2.75) is 31.1 Å². The molecule has 1 atom stereocenters. The molecule has 1 spiro atoms. The van der Waals surface area contributed by atoms with Crippen molar-refractivity contribution in [1.82, 2.24) is 19.9 Å². The van der Waals surface area contributed by atoms with Crippen molar-refractivity contribution in [2.24, 2.45) is 0 Å². The first kappa shape index (κ1) is 17.7. The molecule has 0 N–H and O–H groups in total. The molecule has 0 saturated carbocycles. The minimum absolute atomic E-state index is 0.00339. The number of carbonyl (C=O) groups excluding carboxylic acids is 1. The Balaban J connectivity index is 1.65. The molecule has 27 heavy (non-hydrogen) atoms. The Bertz CT molecular complexity index is 865. The Kier molecular flexibility index (Phi) is 4.45. The number of nitrogens with zero attached hydrogens (tertiary/aromatic N) is 5. The highest BCUT2D eigenvalue weighted by Gasteiger charge is 2.45. The molecule has 1 aliphatic carbocycles. The molecule has 7 nitrogen and oxygen atoms in total. The standard InChI is InChI=1S/C20H25N5O2/c1-24(2)19-22-11-14-5-8-20(17(14)23-19)7-4-10-25(13-20)18(26)15-6-9-21-12-16(15)27-3/h6,9,11-12H,4-5,7-8,10,13H2,1-3H3. The Labute approximate surface area is 159 Å². The van der Waals surface area contributed by atoms with Gasteiger partial charge in [-0.2, -0.15) is 0 Å². The van der Waals surface area contributed by atoms with Gasteiger partial charge in [-0.15, -0.1) is 0 Å². The van der Waals surface area contributed by atoms with E-state index < -0.39 is 0 Å². The third-order valence-corrected chi connectivity index (χ3v) is 5.73. The zero-order valence-corrected chi connectivity index (χ0v) is 16.1. The third-order valence-electron chi connectivity index (χ3n) is 5.73. The normalized spacial score (nSPS) is 21.2. The lowest BCUT2D eigenvalue weighted by atomic mass is 9.77. The Morgan fingerprint density at radius 1 is 1.30 bits per heavy atom. The van der Waals surface area contributed by atoms with Gasteiger partial charge in [0.1, 0.15) is 5.75 Å². The van der Waals surface area contributed by atoms with Crippen LogP contribution in [-0.2, 0) is 11.8 Å². The van der Waals surface area contributed by atoms with Gasteiger partial charge < -0.3 is 14.5 Å². The predicted molar refractivity (Wildman–Crippen MR) is 102 cm³/mol. The molecule has 1 saturated heterocycles. The largest absolute Gasteiger partial charge is 0.494 e. The second kappa shape index (κ2) is 6.79. The first-order chi connectivity index (χ1) is 13.0. The number of fused-ring (bicyclic) bond motifs is 2. The van der Waals surface area contributed by atoms with E-state index in [4.69, 9.17) is 9.72 Å². The van der Waals surface area contributed by atoms with Crippen LogP contribution < -0.4 is 9.64 Å². The number of hydrogen-bond acceptors (Lipinski definition) is 6. The Morgan fingerprint density at radius 3 is 2.93 bits per heavy atom. The predicted octanol–water partition coefficient (Wildman–Crippen LogP) is 2.07. The molecular formula is C20H25N5O2. The van der Waals surface area contributed by atoms with Gasteiger partial charge >= 0.3 is 0 Å². The number of likely N-dealkylation sites (tertiary alicyclic amines) is 1.